The van der Waals surface area contributed by atoms with E-state index in [4.69, 9.17) is 5.26 Å². The third-order valence-corrected chi connectivity index (χ3v) is 2.24. The summed E-state index contributed by atoms with van der Waals surface area (Å²) >= 11 is 0. The zero-order valence-corrected chi connectivity index (χ0v) is 8.71. The highest BCUT2D eigenvalue weighted by Gasteiger charge is 2.07. The number of pyridine rings is 1. The van der Waals surface area contributed by atoms with Gasteiger partial charge in [-0.1, -0.05) is 0 Å². The van der Waals surface area contributed by atoms with E-state index in [0.717, 1.165) is 5.56 Å². The Labute approximate surface area is 92.8 Å². The Morgan fingerprint density at radius 2 is 2.31 bits per heavy atom. The number of carbonyl (C=O) groups excluding carboxylic acids is 1. The van der Waals surface area contributed by atoms with Gasteiger partial charge in [-0.2, -0.15) is 5.26 Å². The third-order valence-electron chi connectivity index (χ3n) is 2.24. The second-order valence-electron chi connectivity index (χ2n) is 3.45. The summed E-state index contributed by atoms with van der Waals surface area (Å²) in [4.78, 5) is 14.8. The van der Waals surface area contributed by atoms with Crippen LogP contribution in [0, 0.1) is 18.3 Å². The van der Waals surface area contributed by atoms with Gasteiger partial charge in [-0.05, 0) is 30.7 Å². The van der Waals surface area contributed by atoms with Crippen molar-refractivity contribution in [2.45, 2.75) is 6.92 Å². The monoisotopic (exact) mass is 211 g/mol. The molecule has 4 heteroatoms. The fourth-order valence-corrected chi connectivity index (χ4v) is 1.48. The zero-order valence-electron chi connectivity index (χ0n) is 8.71. The van der Waals surface area contributed by atoms with E-state index in [0.29, 0.717) is 23.4 Å². The third kappa shape index (κ3) is 1.71. The molecule has 0 spiro atoms. The van der Waals surface area contributed by atoms with Gasteiger partial charge in [0.15, 0.2) is 6.29 Å². The van der Waals surface area contributed by atoms with E-state index >= 15 is 0 Å². The van der Waals surface area contributed by atoms with Gasteiger partial charge in [0.25, 0.3) is 0 Å². The first kappa shape index (κ1) is 10.1. The standard InChI is InChI=1S/C12H9N3O/c1-9-2-3-14-12(4-9)15-7-10(8-16)5-11(15)6-13/h2-5,7-8H,1H3. The quantitative estimate of drug-likeness (QED) is 0.712. The Morgan fingerprint density at radius 1 is 1.50 bits per heavy atom. The summed E-state index contributed by atoms with van der Waals surface area (Å²) in [5, 5.41) is 8.94. The number of aldehydes is 1. The van der Waals surface area contributed by atoms with E-state index in [2.05, 4.69) is 4.98 Å². The van der Waals surface area contributed by atoms with Gasteiger partial charge < -0.3 is 0 Å². The van der Waals surface area contributed by atoms with Gasteiger partial charge >= 0.3 is 0 Å². The molecule has 0 radical (unpaired) electrons. The first-order valence-corrected chi connectivity index (χ1v) is 4.75. The molecule has 0 aliphatic heterocycles. The van der Waals surface area contributed by atoms with Gasteiger partial charge in [-0.15, -0.1) is 0 Å². The Morgan fingerprint density at radius 3 is 2.94 bits per heavy atom. The molecule has 4 nitrogen and oxygen atoms in total. The summed E-state index contributed by atoms with van der Waals surface area (Å²) in [7, 11) is 0. The highest BCUT2D eigenvalue weighted by atomic mass is 16.1. The maximum atomic E-state index is 10.6. The average molecular weight is 211 g/mol. The van der Waals surface area contributed by atoms with E-state index in [1.807, 2.05) is 25.1 Å². The van der Waals surface area contributed by atoms with Gasteiger partial charge in [-0.3, -0.25) is 9.36 Å². The summed E-state index contributed by atoms with van der Waals surface area (Å²) in [6.07, 6.45) is 3.99. The number of aryl methyl sites for hydroxylation is 1. The molecule has 78 valence electrons. The Hall–Kier alpha value is -2.41. The summed E-state index contributed by atoms with van der Waals surface area (Å²) < 4.78 is 1.61. The molecule has 2 heterocycles. The number of nitriles is 1. The number of nitrogens with zero attached hydrogens (tertiary/aromatic N) is 3. The van der Waals surface area contributed by atoms with Crippen LogP contribution in [0.25, 0.3) is 5.82 Å². The van der Waals surface area contributed by atoms with Crippen LogP contribution in [0.1, 0.15) is 21.6 Å². The zero-order chi connectivity index (χ0) is 11.5. The number of hydrogen-bond acceptors (Lipinski definition) is 3. The Bertz CT molecular complexity index is 578. The van der Waals surface area contributed by atoms with Crippen molar-refractivity contribution in [3.8, 4) is 11.9 Å². The fraction of sp³-hybridized carbons (Fsp3) is 0.0833. The summed E-state index contributed by atoms with van der Waals surface area (Å²) in [6, 6.07) is 7.30. The van der Waals surface area contributed by atoms with Crippen molar-refractivity contribution in [3.63, 3.8) is 0 Å². The summed E-state index contributed by atoms with van der Waals surface area (Å²) in [5.41, 5.74) is 1.93. The molecule has 2 aromatic heterocycles. The molecule has 0 aliphatic rings. The van der Waals surface area contributed by atoms with Crippen molar-refractivity contribution >= 4 is 6.29 Å². The highest BCUT2D eigenvalue weighted by Crippen LogP contribution is 2.13. The number of carbonyl (C=O) groups is 1. The molecule has 0 saturated heterocycles. The predicted molar refractivity (Wildman–Crippen MR) is 58.4 cm³/mol. The van der Waals surface area contributed by atoms with Crippen molar-refractivity contribution in [2.24, 2.45) is 0 Å². The van der Waals surface area contributed by atoms with Crippen molar-refractivity contribution in [1.82, 2.24) is 9.55 Å². The van der Waals surface area contributed by atoms with Gasteiger partial charge in [-0.25, -0.2) is 4.98 Å². The molecule has 16 heavy (non-hydrogen) atoms. The van der Waals surface area contributed by atoms with Crippen LogP contribution in [0.3, 0.4) is 0 Å². The first-order chi connectivity index (χ1) is 7.74. The number of aromatic nitrogens is 2. The molecule has 0 aromatic carbocycles. The SMILES string of the molecule is Cc1ccnc(-n2cc(C=O)cc2C#N)c1. The topological polar surface area (TPSA) is 58.7 Å². The van der Waals surface area contributed by atoms with Crippen LogP contribution in [0.2, 0.25) is 0 Å². The Kier molecular flexibility index (Phi) is 2.52. The molecule has 0 bridgehead atoms. The molecule has 0 amide bonds. The minimum atomic E-state index is 0.403. The predicted octanol–water partition coefficient (Wildman–Crippen LogP) is 1.86. The lowest BCUT2D eigenvalue weighted by Crippen LogP contribution is -1.98. The van der Waals surface area contributed by atoms with E-state index in [9.17, 15) is 4.79 Å². The molecule has 0 N–H and O–H groups in total. The van der Waals surface area contributed by atoms with Crippen LogP contribution in [-0.2, 0) is 0 Å². The molecule has 0 saturated carbocycles. The molecular formula is C12H9N3O. The first-order valence-electron chi connectivity index (χ1n) is 4.75. The van der Waals surface area contributed by atoms with Crippen molar-refractivity contribution < 1.29 is 4.79 Å². The van der Waals surface area contributed by atoms with Crippen LogP contribution in [0.5, 0.6) is 0 Å². The van der Waals surface area contributed by atoms with E-state index < -0.39 is 0 Å². The van der Waals surface area contributed by atoms with Crippen molar-refractivity contribution in [3.05, 3.63) is 47.4 Å². The van der Waals surface area contributed by atoms with E-state index in [-0.39, 0.29) is 0 Å². The highest BCUT2D eigenvalue weighted by molar-refractivity contribution is 5.75. The molecule has 0 atom stereocenters. The lowest BCUT2D eigenvalue weighted by molar-refractivity contribution is 0.112. The van der Waals surface area contributed by atoms with Crippen molar-refractivity contribution in [2.75, 3.05) is 0 Å². The minimum absolute atomic E-state index is 0.403. The van der Waals surface area contributed by atoms with Crippen LogP contribution in [-0.4, -0.2) is 15.8 Å². The van der Waals surface area contributed by atoms with Crippen molar-refractivity contribution in [1.29, 1.82) is 5.26 Å². The minimum Gasteiger partial charge on any atom is -0.298 e. The van der Waals surface area contributed by atoms with Gasteiger partial charge in [0.05, 0.1) is 0 Å². The van der Waals surface area contributed by atoms with E-state index in [1.165, 1.54) is 6.07 Å². The molecule has 0 aliphatic carbocycles. The van der Waals surface area contributed by atoms with Crippen LogP contribution in [0.4, 0.5) is 0 Å². The summed E-state index contributed by atoms with van der Waals surface area (Å²) in [6.45, 7) is 1.95. The van der Waals surface area contributed by atoms with Crippen LogP contribution < -0.4 is 0 Å². The van der Waals surface area contributed by atoms with Crippen LogP contribution >= 0.6 is 0 Å². The molecule has 2 rings (SSSR count). The maximum absolute atomic E-state index is 10.6. The van der Waals surface area contributed by atoms with Gasteiger partial charge in [0.2, 0.25) is 0 Å². The van der Waals surface area contributed by atoms with E-state index in [1.54, 1.807) is 17.0 Å². The molecule has 0 fully saturated rings. The van der Waals surface area contributed by atoms with Gasteiger partial charge in [0.1, 0.15) is 17.6 Å². The number of rotatable bonds is 2. The lowest BCUT2D eigenvalue weighted by atomic mass is 10.3. The smallest absolute Gasteiger partial charge is 0.151 e. The number of hydrogen-bond donors (Lipinski definition) is 0. The molecular weight excluding hydrogens is 202 g/mol. The summed E-state index contributed by atoms with van der Waals surface area (Å²) in [5.74, 6) is 0.643. The average Bonchev–Trinajstić information content (AvgIpc) is 2.72. The lowest BCUT2D eigenvalue weighted by Gasteiger charge is -2.03. The Balaban J connectivity index is 2.59. The second-order valence-corrected chi connectivity index (χ2v) is 3.45. The largest absolute Gasteiger partial charge is 0.298 e. The van der Waals surface area contributed by atoms with Crippen LogP contribution in [0.15, 0.2) is 30.6 Å². The normalized spacial score (nSPS) is 9.75. The second kappa shape index (κ2) is 3.99. The molecule has 0 unspecified atom stereocenters. The maximum Gasteiger partial charge on any atom is 0.151 e. The van der Waals surface area contributed by atoms with Gasteiger partial charge in [0, 0.05) is 18.0 Å². The molecule has 2 aromatic rings. The fourth-order valence-electron chi connectivity index (χ4n) is 1.48.